The molecule has 1 aliphatic heterocycles. The number of piperazine rings is 1. The number of halogens is 2. The third kappa shape index (κ3) is 5.74. The average Bonchev–Trinajstić information content (AvgIpc) is 2.66. The van der Waals surface area contributed by atoms with Crippen LogP contribution in [0.3, 0.4) is 0 Å². The maximum atomic E-state index is 6.10. The van der Waals surface area contributed by atoms with E-state index in [9.17, 15) is 0 Å². The molecule has 1 N–H and O–H groups in total. The van der Waals surface area contributed by atoms with Gasteiger partial charge in [-0.05, 0) is 36.2 Å². The van der Waals surface area contributed by atoms with Crippen LogP contribution in [-0.2, 0) is 6.42 Å². The summed E-state index contributed by atoms with van der Waals surface area (Å²) in [5.74, 6) is 0.967. The minimum atomic E-state index is 0. The van der Waals surface area contributed by atoms with E-state index in [2.05, 4.69) is 37.2 Å². The summed E-state index contributed by atoms with van der Waals surface area (Å²) in [4.78, 5) is 13.3. The maximum absolute atomic E-state index is 6.10. The highest BCUT2D eigenvalue weighted by molar-refractivity contribution is 14.0. The Hall–Kier alpha value is -1.54. The van der Waals surface area contributed by atoms with Gasteiger partial charge in [-0.3, -0.25) is 9.98 Å². The van der Waals surface area contributed by atoms with Crippen LogP contribution in [0.15, 0.2) is 53.8 Å². The van der Waals surface area contributed by atoms with Gasteiger partial charge in [0, 0.05) is 62.9 Å². The summed E-state index contributed by atoms with van der Waals surface area (Å²) >= 11 is 6.10. The molecular formula is C19H25ClIN5. The normalized spacial score (nSPS) is 14.8. The van der Waals surface area contributed by atoms with Gasteiger partial charge in [0.2, 0.25) is 0 Å². The number of hydrogen-bond acceptors (Lipinski definition) is 3. The third-order valence-electron chi connectivity index (χ3n) is 4.38. The van der Waals surface area contributed by atoms with Gasteiger partial charge < -0.3 is 15.1 Å². The van der Waals surface area contributed by atoms with Gasteiger partial charge >= 0.3 is 0 Å². The monoisotopic (exact) mass is 485 g/mol. The molecule has 2 heterocycles. The zero-order valence-electron chi connectivity index (χ0n) is 14.9. The molecular weight excluding hydrogens is 461 g/mol. The van der Waals surface area contributed by atoms with Crippen molar-refractivity contribution in [1.29, 1.82) is 0 Å². The van der Waals surface area contributed by atoms with E-state index < -0.39 is 0 Å². The van der Waals surface area contributed by atoms with E-state index in [1.165, 1.54) is 11.3 Å². The molecule has 0 radical (unpaired) electrons. The van der Waals surface area contributed by atoms with Crippen LogP contribution in [0.4, 0.5) is 5.69 Å². The predicted molar refractivity (Wildman–Crippen MR) is 120 cm³/mol. The Balaban J connectivity index is 0.00000243. The topological polar surface area (TPSA) is 43.8 Å². The lowest BCUT2D eigenvalue weighted by Gasteiger charge is -2.37. The van der Waals surface area contributed by atoms with Crippen molar-refractivity contribution in [3.63, 3.8) is 0 Å². The fourth-order valence-corrected chi connectivity index (χ4v) is 3.23. The SMILES string of the molecule is CN=C(NCCc1cccnc1)N1CCN(c2cccc(Cl)c2)CC1.I. The summed E-state index contributed by atoms with van der Waals surface area (Å²) in [5, 5.41) is 4.24. The number of nitrogens with one attached hydrogen (secondary N) is 1. The molecule has 0 unspecified atom stereocenters. The van der Waals surface area contributed by atoms with Crippen LogP contribution in [0, 0.1) is 0 Å². The first-order valence-electron chi connectivity index (χ1n) is 8.61. The lowest BCUT2D eigenvalue weighted by Crippen LogP contribution is -2.52. The zero-order chi connectivity index (χ0) is 17.5. The van der Waals surface area contributed by atoms with Crippen LogP contribution < -0.4 is 10.2 Å². The Morgan fingerprint density at radius 1 is 1.19 bits per heavy atom. The van der Waals surface area contributed by atoms with Crippen LogP contribution in [0.5, 0.6) is 0 Å². The van der Waals surface area contributed by atoms with E-state index in [1.807, 2.05) is 37.5 Å². The molecule has 1 aromatic heterocycles. The van der Waals surface area contributed by atoms with Crippen LogP contribution in [0.25, 0.3) is 0 Å². The van der Waals surface area contributed by atoms with Gasteiger partial charge in [0.25, 0.3) is 0 Å². The molecule has 7 heteroatoms. The molecule has 1 fully saturated rings. The molecule has 3 rings (SSSR count). The second kappa shape index (κ2) is 10.6. The van der Waals surface area contributed by atoms with Crippen molar-refractivity contribution in [2.24, 2.45) is 4.99 Å². The Labute approximate surface area is 177 Å². The first kappa shape index (κ1) is 20.8. The number of benzene rings is 1. The van der Waals surface area contributed by atoms with Gasteiger partial charge in [0.1, 0.15) is 0 Å². The predicted octanol–water partition coefficient (Wildman–Crippen LogP) is 3.29. The van der Waals surface area contributed by atoms with Crippen molar-refractivity contribution < 1.29 is 0 Å². The van der Waals surface area contributed by atoms with Crippen LogP contribution in [0.2, 0.25) is 5.02 Å². The quantitative estimate of drug-likeness (QED) is 0.410. The van der Waals surface area contributed by atoms with Crippen molar-refractivity contribution >= 4 is 47.2 Å². The van der Waals surface area contributed by atoms with E-state index in [-0.39, 0.29) is 24.0 Å². The van der Waals surface area contributed by atoms with Crippen molar-refractivity contribution in [3.05, 3.63) is 59.4 Å². The van der Waals surface area contributed by atoms with Gasteiger partial charge in [-0.1, -0.05) is 23.7 Å². The van der Waals surface area contributed by atoms with Gasteiger partial charge in [0.05, 0.1) is 0 Å². The molecule has 1 saturated heterocycles. The summed E-state index contributed by atoms with van der Waals surface area (Å²) in [5.41, 5.74) is 2.42. The molecule has 1 aliphatic rings. The molecule has 2 aromatic rings. The van der Waals surface area contributed by atoms with Crippen molar-refractivity contribution in [2.45, 2.75) is 6.42 Å². The molecule has 5 nitrogen and oxygen atoms in total. The van der Waals surface area contributed by atoms with E-state index in [0.717, 1.165) is 50.1 Å². The molecule has 0 spiro atoms. The number of aromatic nitrogens is 1. The highest BCUT2D eigenvalue weighted by Crippen LogP contribution is 2.20. The minimum absolute atomic E-state index is 0. The van der Waals surface area contributed by atoms with Crippen LogP contribution in [-0.4, -0.2) is 55.6 Å². The maximum Gasteiger partial charge on any atom is 0.193 e. The van der Waals surface area contributed by atoms with Gasteiger partial charge in [-0.15, -0.1) is 24.0 Å². The van der Waals surface area contributed by atoms with E-state index in [1.54, 1.807) is 6.20 Å². The lowest BCUT2D eigenvalue weighted by molar-refractivity contribution is 0.373. The number of pyridine rings is 1. The van der Waals surface area contributed by atoms with Gasteiger partial charge in [-0.25, -0.2) is 0 Å². The first-order valence-corrected chi connectivity index (χ1v) is 8.99. The lowest BCUT2D eigenvalue weighted by atomic mass is 10.2. The molecule has 0 atom stereocenters. The molecule has 140 valence electrons. The molecule has 26 heavy (non-hydrogen) atoms. The summed E-state index contributed by atoms with van der Waals surface area (Å²) in [6, 6.07) is 12.1. The number of rotatable bonds is 4. The zero-order valence-corrected chi connectivity index (χ0v) is 18.0. The van der Waals surface area contributed by atoms with Crippen LogP contribution in [0.1, 0.15) is 5.56 Å². The molecule has 0 saturated carbocycles. The largest absolute Gasteiger partial charge is 0.368 e. The highest BCUT2D eigenvalue weighted by Gasteiger charge is 2.19. The minimum Gasteiger partial charge on any atom is -0.368 e. The Bertz CT molecular complexity index is 702. The van der Waals surface area contributed by atoms with Crippen molar-refractivity contribution in [2.75, 3.05) is 44.7 Å². The van der Waals surface area contributed by atoms with Crippen LogP contribution >= 0.6 is 35.6 Å². The van der Waals surface area contributed by atoms with E-state index >= 15 is 0 Å². The molecule has 0 amide bonds. The smallest absolute Gasteiger partial charge is 0.193 e. The Kier molecular flexibility index (Phi) is 8.44. The average molecular weight is 486 g/mol. The molecule has 1 aromatic carbocycles. The molecule has 0 aliphatic carbocycles. The highest BCUT2D eigenvalue weighted by atomic mass is 127. The Morgan fingerprint density at radius 2 is 2.00 bits per heavy atom. The fourth-order valence-electron chi connectivity index (χ4n) is 3.05. The number of nitrogens with zero attached hydrogens (tertiary/aromatic N) is 4. The molecule has 0 bridgehead atoms. The first-order chi connectivity index (χ1) is 12.3. The summed E-state index contributed by atoms with van der Waals surface area (Å²) in [6.07, 6.45) is 4.65. The summed E-state index contributed by atoms with van der Waals surface area (Å²) in [7, 11) is 1.84. The third-order valence-corrected chi connectivity index (χ3v) is 4.62. The Morgan fingerprint density at radius 3 is 2.65 bits per heavy atom. The standard InChI is InChI=1S/C19H24ClN5.HI/c1-21-19(23-9-7-16-4-3-8-22-15-16)25-12-10-24(11-13-25)18-6-2-5-17(20)14-18;/h2-6,8,14-15H,7,9-13H2,1H3,(H,21,23);1H. The van der Waals surface area contributed by atoms with Crippen molar-refractivity contribution in [1.82, 2.24) is 15.2 Å². The van der Waals surface area contributed by atoms with Gasteiger partial charge in [-0.2, -0.15) is 0 Å². The van der Waals surface area contributed by atoms with E-state index in [4.69, 9.17) is 11.6 Å². The number of hydrogen-bond donors (Lipinski definition) is 1. The number of aliphatic imine (C=N–C) groups is 1. The second-order valence-corrected chi connectivity index (χ2v) is 6.48. The fraction of sp³-hybridized carbons (Fsp3) is 0.368. The summed E-state index contributed by atoms with van der Waals surface area (Å²) < 4.78 is 0. The van der Waals surface area contributed by atoms with Crippen molar-refractivity contribution in [3.8, 4) is 0 Å². The van der Waals surface area contributed by atoms with E-state index in [0.29, 0.717) is 0 Å². The number of guanidine groups is 1. The van der Waals surface area contributed by atoms with Gasteiger partial charge in [0.15, 0.2) is 5.96 Å². The number of anilines is 1. The summed E-state index contributed by atoms with van der Waals surface area (Å²) in [6.45, 7) is 4.67. The second-order valence-electron chi connectivity index (χ2n) is 6.04.